The normalized spacial score (nSPS) is 18.2. The highest BCUT2D eigenvalue weighted by atomic mass is 32.2. The summed E-state index contributed by atoms with van der Waals surface area (Å²) in [7, 11) is 0.641. The fourth-order valence-corrected chi connectivity index (χ4v) is 7.94. The summed E-state index contributed by atoms with van der Waals surface area (Å²) < 4.78 is 28.8. The lowest BCUT2D eigenvalue weighted by molar-refractivity contribution is 0.179. The van der Waals surface area contributed by atoms with E-state index in [4.69, 9.17) is 4.99 Å². The zero-order valence-electron chi connectivity index (χ0n) is 24.0. The third-order valence-corrected chi connectivity index (χ3v) is 11.0. The average molecular weight is 571 g/mol. The Morgan fingerprint density at radius 3 is 2.54 bits per heavy atom. The smallest absolute Gasteiger partial charge is 0.252 e. The van der Waals surface area contributed by atoms with Crippen LogP contribution in [-0.2, 0) is 16.6 Å². The van der Waals surface area contributed by atoms with Crippen LogP contribution in [0.3, 0.4) is 0 Å². The van der Waals surface area contributed by atoms with Crippen molar-refractivity contribution in [3.63, 3.8) is 0 Å². The van der Waals surface area contributed by atoms with Gasteiger partial charge in [0.05, 0.1) is 5.69 Å². The molecule has 2 aromatic rings. The number of hydrogen-bond donors (Lipinski definition) is 2. The number of sulfonamides is 1. The van der Waals surface area contributed by atoms with Crippen molar-refractivity contribution < 1.29 is 8.42 Å². The van der Waals surface area contributed by atoms with E-state index in [1.807, 2.05) is 26.8 Å². The van der Waals surface area contributed by atoms with E-state index < -0.39 is 10.0 Å². The van der Waals surface area contributed by atoms with Gasteiger partial charge in [0.25, 0.3) is 10.0 Å². The molecule has 0 amide bonds. The molecule has 2 N–H and O–H groups in total. The maximum atomic E-state index is 13.4. The number of allylic oxidation sites excluding steroid dienone is 3. The van der Waals surface area contributed by atoms with Gasteiger partial charge in [-0.25, -0.2) is 13.4 Å². The molecule has 10 heteroatoms. The fraction of sp³-hybridized carbons (Fsp3) is 0.483. The number of hydrogen-bond acceptors (Lipinski definition) is 8. The van der Waals surface area contributed by atoms with Crippen LogP contribution in [0, 0.1) is 0 Å². The molecule has 0 radical (unpaired) electrons. The lowest BCUT2D eigenvalue weighted by atomic mass is 10.0. The molecule has 2 aliphatic rings. The Labute approximate surface area is 238 Å². The van der Waals surface area contributed by atoms with E-state index in [0.29, 0.717) is 37.1 Å². The lowest BCUT2D eigenvalue weighted by Gasteiger charge is -2.35. The van der Waals surface area contributed by atoms with E-state index in [1.165, 1.54) is 16.9 Å². The minimum absolute atomic E-state index is 0.168. The Bertz CT molecular complexity index is 1370. The second-order valence-electron chi connectivity index (χ2n) is 10.8. The second-order valence-corrected chi connectivity index (χ2v) is 14.1. The van der Waals surface area contributed by atoms with E-state index in [9.17, 15) is 8.42 Å². The molecule has 1 aromatic carbocycles. The van der Waals surface area contributed by atoms with E-state index in [-0.39, 0.29) is 6.04 Å². The first-order valence-electron chi connectivity index (χ1n) is 13.4. The van der Waals surface area contributed by atoms with Crippen LogP contribution >= 0.6 is 11.3 Å². The Morgan fingerprint density at radius 1 is 1.15 bits per heavy atom. The predicted octanol–water partition coefficient (Wildman–Crippen LogP) is 4.29. The molecule has 1 fully saturated rings. The molecule has 1 saturated heterocycles. The van der Waals surface area contributed by atoms with Crippen molar-refractivity contribution in [2.24, 2.45) is 4.99 Å². The maximum Gasteiger partial charge on any atom is 0.252 e. The highest BCUT2D eigenvalue weighted by Gasteiger charge is 2.30. The standard InChI is InChI=1S/C29H42N6O2S2/c1-20(2)22(4)23(5)26-11-12-27(38-26)39(36,37)35-15-13-34(14-16-35)17-21(3)32-29-25-10-8-9-24(18-33(6)7)28(25)30-19-31-29/h8-12,21,30H,1,13-19H2,2-7H3,(H,31,32)/b23-22+/t21-/m0/s1. The quantitative estimate of drug-likeness (QED) is 0.438. The highest BCUT2D eigenvalue weighted by Crippen LogP contribution is 2.32. The molecule has 3 heterocycles. The molecule has 4 rings (SSSR count). The van der Waals surface area contributed by atoms with Gasteiger partial charge in [-0.2, -0.15) is 4.31 Å². The van der Waals surface area contributed by atoms with Crippen molar-refractivity contribution in [2.75, 3.05) is 58.8 Å². The average Bonchev–Trinajstić information content (AvgIpc) is 3.40. The molecule has 0 saturated carbocycles. The summed E-state index contributed by atoms with van der Waals surface area (Å²) in [5.74, 6) is 0.915. The van der Waals surface area contributed by atoms with E-state index in [0.717, 1.165) is 51.8 Å². The largest absolute Gasteiger partial charge is 0.366 e. The Kier molecular flexibility index (Phi) is 9.33. The van der Waals surface area contributed by atoms with Crippen LogP contribution < -0.4 is 10.6 Å². The summed E-state index contributed by atoms with van der Waals surface area (Å²) in [6.07, 6.45) is 0. The van der Waals surface area contributed by atoms with Gasteiger partial charge in [-0.3, -0.25) is 4.90 Å². The number of benzene rings is 1. The molecular formula is C29H42N6O2S2. The Balaban J connectivity index is 1.34. The van der Waals surface area contributed by atoms with Crippen molar-refractivity contribution in [3.05, 3.63) is 64.1 Å². The van der Waals surface area contributed by atoms with Crippen LogP contribution in [0.25, 0.3) is 5.57 Å². The number of anilines is 1. The SMILES string of the molecule is C=C(C)/C(C)=C(\C)c1ccc(S(=O)(=O)N2CCN(C[C@H](C)NC3=NCNc4c(CN(C)C)cccc43)CC2)s1. The minimum atomic E-state index is -3.51. The highest BCUT2D eigenvalue weighted by molar-refractivity contribution is 7.91. The molecule has 0 spiro atoms. The third kappa shape index (κ3) is 6.81. The monoisotopic (exact) mass is 570 g/mol. The first-order valence-corrected chi connectivity index (χ1v) is 15.7. The molecular weight excluding hydrogens is 528 g/mol. The van der Waals surface area contributed by atoms with Crippen molar-refractivity contribution in [3.8, 4) is 0 Å². The molecule has 0 aliphatic carbocycles. The topological polar surface area (TPSA) is 80.3 Å². The number of aliphatic imine (C=N–C) groups is 1. The van der Waals surface area contributed by atoms with E-state index in [2.05, 4.69) is 66.2 Å². The number of nitrogens with zero attached hydrogens (tertiary/aromatic N) is 4. The minimum Gasteiger partial charge on any atom is -0.366 e. The summed E-state index contributed by atoms with van der Waals surface area (Å²) in [4.78, 5) is 10.2. The second kappa shape index (κ2) is 12.3. The van der Waals surface area contributed by atoms with Gasteiger partial charge in [0.15, 0.2) is 0 Å². The number of fused-ring (bicyclic) bond motifs is 1. The van der Waals surface area contributed by atoms with Gasteiger partial charge in [0.1, 0.15) is 16.7 Å². The van der Waals surface area contributed by atoms with Gasteiger partial charge in [0.2, 0.25) is 0 Å². The van der Waals surface area contributed by atoms with Crippen molar-refractivity contribution in [1.82, 2.24) is 19.4 Å². The van der Waals surface area contributed by atoms with Crippen LogP contribution in [0.1, 0.15) is 43.7 Å². The summed E-state index contributed by atoms with van der Waals surface area (Å²) in [5, 5.41) is 7.05. The molecule has 2 aliphatic heterocycles. The van der Waals surface area contributed by atoms with Crippen LogP contribution in [0.5, 0.6) is 0 Å². The number of nitrogens with one attached hydrogen (secondary N) is 2. The number of para-hydroxylation sites is 1. The Hall–Kier alpha value is -2.50. The number of piperazine rings is 1. The summed E-state index contributed by atoms with van der Waals surface area (Å²) in [6, 6.07) is 10.2. The fourth-order valence-electron chi connectivity index (χ4n) is 5.00. The number of rotatable bonds is 9. The van der Waals surface area contributed by atoms with Crippen LogP contribution in [0.15, 0.2) is 57.3 Å². The van der Waals surface area contributed by atoms with Gasteiger partial charge in [0, 0.05) is 55.8 Å². The molecule has 212 valence electrons. The van der Waals surface area contributed by atoms with Crippen molar-refractivity contribution in [1.29, 1.82) is 0 Å². The van der Waals surface area contributed by atoms with Gasteiger partial charge >= 0.3 is 0 Å². The summed E-state index contributed by atoms with van der Waals surface area (Å²) >= 11 is 1.34. The summed E-state index contributed by atoms with van der Waals surface area (Å²) in [5.41, 5.74) is 6.68. The van der Waals surface area contributed by atoms with Gasteiger partial charge in [-0.05, 0) is 76.7 Å². The molecule has 1 aromatic heterocycles. The van der Waals surface area contributed by atoms with E-state index in [1.54, 1.807) is 10.4 Å². The third-order valence-electron chi connectivity index (χ3n) is 7.38. The van der Waals surface area contributed by atoms with Gasteiger partial charge in [-0.15, -0.1) is 11.3 Å². The number of thiophene rings is 1. The molecule has 8 nitrogen and oxygen atoms in total. The van der Waals surface area contributed by atoms with Gasteiger partial charge < -0.3 is 15.5 Å². The van der Waals surface area contributed by atoms with Crippen LogP contribution in [-0.4, -0.2) is 87.9 Å². The van der Waals surface area contributed by atoms with Crippen molar-refractivity contribution >= 4 is 38.5 Å². The zero-order chi connectivity index (χ0) is 28.3. The van der Waals surface area contributed by atoms with Crippen molar-refractivity contribution in [2.45, 2.75) is 44.5 Å². The first kappa shape index (κ1) is 29.5. The predicted molar refractivity (Wildman–Crippen MR) is 164 cm³/mol. The van der Waals surface area contributed by atoms with E-state index >= 15 is 0 Å². The maximum absolute atomic E-state index is 13.4. The molecule has 1 atom stereocenters. The lowest BCUT2D eigenvalue weighted by Crippen LogP contribution is -2.52. The summed E-state index contributed by atoms with van der Waals surface area (Å²) in [6.45, 7) is 16.8. The first-order chi connectivity index (χ1) is 18.5. The zero-order valence-corrected chi connectivity index (χ0v) is 25.7. The molecule has 0 unspecified atom stereocenters. The van der Waals surface area contributed by atoms with Crippen LogP contribution in [0.2, 0.25) is 0 Å². The Morgan fingerprint density at radius 2 is 1.87 bits per heavy atom. The van der Waals surface area contributed by atoms with Crippen LogP contribution in [0.4, 0.5) is 5.69 Å². The molecule has 39 heavy (non-hydrogen) atoms. The van der Waals surface area contributed by atoms with Gasteiger partial charge in [-0.1, -0.05) is 24.3 Å². The molecule has 0 bridgehead atoms. The number of amidine groups is 1.